The predicted molar refractivity (Wildman–Crippen MR) is 95.2 cm³/mol. The number of hydrogen-bond acceptors (Lipinski definition) is 2. The Morgan fingerprint density at radius 2 is 1.79 bits per heavy atom. The summed E-state index contributed by atoms with van der Waals surface area (Å²) in [6.07, 6.45) is 1.75. The van der Waals surface area contributed by atoms with Gasteiger partial charge in [0.05, 0.1) is 11.3 Å². The maximum atomic E-state index is 11.7. The van der Waals surface area contributed by atoms with Crippen LogP contribution < -0.4 is 0 Å². The lowest BCUT2D eigenvalue weighted by atomic mass is 9.93. The molecule has 0 unspecified atom stereocenters. The van der Waals surface area contributed by atoms with Gasteiger partial charge in [-0.3, -0.25) is 4.68 Å². The molecule has 0 saturated heterocycles. The second kappa shape index (κ2) is 6.32. The number of carbonyl (C=O) groups is 1. The van der Waals surface area contributed by atoms with E-state index in [4.69, 9.17) is 0 Å². The van der Waals surface area contributed by atoms with Gasteiger partial charge < -0.3 is 5.11 Å². The Morgan fingerprint density at radius 1 is 1.08 bits per heavy atom. The summed E-state index contributed by atoms with van der Waals surface area (Å²) in [6.45, 7) is 5.97. The molecule has 1 N–H and O–H groups in total. The summed E-state index contributed by atoms with van der Waals surface area (Å²) in [4.78, 5) is 11.7. The molecular formula is C20H20N2O2. The number of nitrogens with zero attached hydrogens (tertiary/aromatic N) is 2. The summed E-state index contributed by atoms with van der Waals surface area (Å²) in [6, 6.07) is 15.7. The molecule has 0 spiro atoms. The van der Waals surface area contributed by atoms with Crippen molar-refractivity contribution in [3.05, 3.63) is 65.9 Å². The van der Waals surface area contributed by atoms with E-state index in [1.807, 2.05) is 54.1 Å². The van der Waals surface area contributed by atoms with E-state index in [1.165, 1.54) is 0 Å². The van der Waals surface area contributed by atoms with Crippen molar-refractivity contribution in [2.75, 3.05) is 0 Å². The minimum Gasteiger partial charge on any atom is -0.478 e. The van der Waals surface area contributed by atoms with Crippen molar-refractivity contribution in [2.24, 2.45) is 0 Å². The van der Waals surface area contributed by atoms with E-state index < -0.39 is 5.97 Å². The largest absolute Gasteiger partial charge is 0.478 e. The van der Waals surface area contributed by atoms with Gasteiger partial charge in [0.2, 0.25) is 0 Å². The zero-order valence-corrected chi connectivity index (χ0v) is 14.0. The summed E-state index contributed by atoms with van der Waals surface area (Å²) in [7, 11) is 0. The molecule has 0 fully saturated rings. The first kappa shape index (κ1) is 16.0. The number of carboxylic acids is 1. The van der Waals surface area contributed by atoms with Crippen molar-refractivity contribution in [3.63, 3.8) is 0 Å². The van der Waals surface area contributed by atoms with Gasteiger partial charge in [0.15, 0.2) is 0 Å². The molecule has 0 aliphatic carbocycles. The van der Waals surface area contributed by atoms with Crippen molar-refractivity contribution in [1.82, 2.24) is 9.78 Å². The highest BCUT2D eigenvalue weighted by Crippen LogP contribution is 2.33. The van der Waals surface area contributed by atoms with Gasteiger partial charge in [0.1, 0.15) is 0 Å². The maximum Gasteiger partial charge on any atom is 0.335 e. The van der Waals surface area contributed by atoms with Crippen molar-refractivity contribution >= 4 is 5.97 Å². The molecule has 1 heterocycles. The molecule has 0 bridgehead atoms. The normalized spacial score (nSPS) is 11.0. The molecular weight excluding hydrogens is 300 g/mol. The molecule has 0 aliphatic rings. The average molecular weight is 320 g/mol. The monoisotopic (exact) mass is 320 g/mol. The minimum absolute atomic E-state index is 0.197. The van der Waals surface area contributed by atoms with Crippen molar-refractivity contribution in [1.29, 1.82) is 0 Å². The molecule has 0 amide bonds. The Balaban J connectivity index is 2.27. The molecule has 122 valence electrons. The molecule has 0 aliphatic heterocycles. The fourth-order valence-electron chi connectivity index (χ4n) is 2.94. The first-order valence-corrected chi connectivity index (χ1v) is 7.96. The summed E-state index contributed by atoms with van der Waals surface area (Å²) in [5.74, 6) is -0.915. The smallest absolute Gasteiger partial charge is 0.335 e. The Kier molecular flexibility index (Phi) is 4.21. The van der Waals surface area contributed by atoms with Gasteiger partial charge >= 0.3 is 5.97 Å². The molecule has 3 aromatic rings. The molecule has 4 heteroatoms. The van der Waals surface area contributed by atoms with Crippen LogP contribution in [0.5, 0.6) is 0 Å². The van der Waals surface area contributed by atoms with E-state index in [1.54, 1.807) is 12.3 Å². The molecule has 4 nitrogen and oxygen atoms in total. The second-order valence-corrected chi connectivity index (χ2v) is 6.12. The number of aromatic carboxylic acids is 1. The van der Waals surface area contributed by atoms with Crippen LogP contribution in [0.15, 0.2) is 54.7 Å². The van der Waals surface area contributed by atoms with Crippen LogP contribution >= 0.6 is 0 Å². The third-order valence-corrected chi connectivity index (χ3v) is 4.18. The summed E-state index contributed by atoms with van der Waals surface area (Å²) < 4.78 is 1.92. The highest BCUT2D eigenvalue weighted by molar-refractivity contribution is 5.94. The highest BCUT2D eigenvalue weighted by atomic mass is 16.4. The van der Waals surface area contributed by atoms with E-state index in [0.29, 0.717) is 5.56 Å². The zero-order valence-electron chi connectivity index (χ0n) is 14.0. The topological polar surface area (TPSA) is 55.1 Å². The van der Waals surface area contributed by atoms with Crippen LogP contribution in [0.2, 0.25) is 0 Å². The Morgan fingerprint density at radius 3 is 2.42 bits per heavy atom. The lowest BCUT2D eigenvalue weighted by Gasteiger charge is -2.16. The van der Waals surface area contributed by atoms with Crippen LogP contribution in [0.1, 0.15) is 35.8 Å². The number of aromatic nitrogens is 2. The van der Waals surface area contributed by atoms with E-state index in [0.717, 1.165) is 27.9 Å². The molecule has 1 aromatic heterocycles. The number of benzene rings is 2. The lowest BCUT2D eigenvalue weighted by Crippen LogP contribution is -2.07. The van der Waals surface area contributed by atoms with Gasteiger partial charge in [-0.25, -0.2) is 4.79 Å². The Bertz CT molecular complexity index is 880. The maximum absolute atomic E-state index is 11.7. The summed E-state index contributed by atoms with van der Waals surface area (Å²) in [5.41, 5.74) is 4.80. The first-order valence-electron chi connectivity index (χ1n) is 7.96. The van der Waals surface area contributed by atoms with Gasteiger partial charge in [-0.2, -0.15) is 5.10 Å². The number of rotatable bonds is 4. The van der Waals surface area contributed by atoms with Gasteiger partial charge in [-0.05, 0) is 55.7 Å². The molecule has 2 aromatic carbocycles. The fourth-order valence-corrected chi connectivity index (χ4v) is 2.94. The van der Waals surface area contributed by atoms with E-state index >= 15 is 0 Å². The van der Waals surface area contributed by atoms with Crippen LogP contribution in [-0.4, -0.2) is 20.9 Å². The van der Waals surface area contributed by atoms with Gasteiger partial charge in [-0.1, -0.05) is 30.3 Å². The van der Waals surface area contributed by atoms with Crippen LogP contribution in [-0.2, 0) is 0 Å². The van der Waals surface area contributed by atoms with E-state index in [2.05, 4.69) is 18.9 Å². The molecule has 0 saturated carbocycles. The number of carboxylic acid groups (broad SMARTS) is 1. The third kappa shape index (κ3) is 2.83. The van der Waals surface area contributed by atoms with Gasteiger partial charge in [0, 0.05) is 17.8 Å². The van der Waals surface area contributed by atoms with Crippen LogP contribution in [0.25, 0.3) is 22.4 Å². The van der Waals surface area contributed by atoms with Crippen molar-refractivity contribution in [2.45, 2.75) is 26.8 Å². The molecule has 0 atom stereocenters. The highest BCUT2D eigenvalue weighted by Gasteiger charge is 2.18. The number of hydrogen-bond donors (Lipinski definition) is 1. The van der Waals surface area contributed by atoms with Crippen LogP contribution in [0.4, 0.5) is 0 Å². The third-order valence-electron chi connectivity index (χ3n) is 4.18. The van der Waals surface area contributed by atoms with Crippen molar-refractivity contribution < 1.29 is 9.90 Å². The Hall–Kier alpha value is -2.88. The summed E-state index contributed by atoms with van der Waals surface area (Å²) in [5, 5.41) is 14.0. The minimum atomic E-state index is -0.915. The van der Waals surface area contributed by atoms with Crippen LogP contribution in [0, 0.1) is 6.92 Å². The molecule has 3 rings (SSSR count). The van der Waals surface area contributed by atoms with Gasteiger partial charge in [0.25, 0.3) is 0 Å². The van der Waals surface area contributed by atoms with Crippen LogP contribution in [0.3, 0.4) is 0 Å². The zero-order chi connectivity index (χ0) is 17.3. The SMILES string of the molecule is Cc1c(C(=O)O)cc(-c2ccccc2)cc1-c1ccnn1C(C)C. The second-order valence-electron chi connectivity index (χ2n) is 6.12. The molecule has 24 heavy (non-hydrogen) atoms. The van der Waals surface area contributed by atoms with Crippen molar-refractivity contribution in [3.8, 4) is 22.4 Å². The fraction of sp³-hybridized carbons (Fsp3) is 0.200. The van der Waals surface area contributed by atoms with E-state index in [9.17, 15) is 9.90 Å². The standard InChI is InChI=1S/C20H20N2O2/c1-13(2)22-19(9-10-21-22)17-11-16(15-7-5-4-6-8-15)12-18(14(17)3)20(23)24/h4-13H,1-3H3,(H,23,24). The quantitative estimate of drug-likeness (QED) is 0.751. The average Bonchev–Trinajstić information content (AvgIpc) is 3.05. The van der Waals surface area contributed by atoms with Gasteiger partial charge in [-0.15, -0.1) is 0 Å². The Labute approximate surface area is 141 Å². The first-order chi connectivity index (χ1) is 11.5. The lowest BCUT2D eigenvalue weighted by molar-refractivity contribution is 0.0696. The molecule has 0 radical (unpaired) electrons. The predicted octanol–water partition coefficient (Wildman–Crippen LogP) is 4.80. The summed E-state index contributed by atoms with van der Waals surface area (Å²) >= 11 is 0. The van der Waals surface area contributed by atoms with E-state index in [-0.39, 0.29) is 6.04 Å².